The van der Waals surface area contributed by atoms with Crippen LogP contribution in [0, 0.1) is 0 Å². The normalized spacial score (nSPS) is 11.1. The first-order chi connectivity index (χ1) is 10.1. The van der Waals surface area contributed by atoms with Gasteiger partial charge >= 0.3 is 5.97 Å². The van der Waals surface area contributed by atoms with Crippen molar-refractivity contribution in [2.24, 2.45) is 0 Å². The molecule has 6 heteroatoms. The molecule has 0 aliphatic heterocycles. The van der Waals surface area contributed by atoms with Crippen molar-refractivity contribution >= 4 is 32.8 Å². The molecule has 1 aromatic carbocycles. The average molecular weight is 348 g/mol. The van der Waals surface area contributed by atoms with Gasteiger partial charge in [-0.05, 0) is 23.8 Å². The molecule has 0 atom stereocenters. The molecular formula is C15H14BrN3O2. The van der Waals surface area contributed by atoms with E-state index in [4.69, 9.17) is 5.11 Å². The number of H-pyrrole nitrogens is 1. The summed E-state index contributed by atoms with van der Waals surface area (Å²) in [4.78, 5) is 18.1. The molecule has 0 aliphatic rings. The van der Waals surface area contributed by atoms with E-state index in [2.05, 4.69) is 32.0 Å². The van der Waals surface area contributed by atoms with Gasteiger partial charge in [-0.25, -0.2) is 4.98 Å². The molecular weight excluding hydrogens is 334 g/mol. The summed E-state index contributed by atoms with van der Waals surface area (Å²) < 4.78 is 3.00. The lowest BCUT2D eigenvalue weighted by Crippen LogP contribution is -2.03. The van der Waals surface area contributed by atoms with Gasteiger partial charge in [-0.15, -0.1) is 0 Å². The summed E-state index contributed by atoms with van der Waals surface area (Å²) in [5.74, 6) is 0.105. The van der Waals surface area contributed by atoms with E-state index in [-0.39, 0.29) is 6.42 Å². The van der Waals surface area contributed by atoms with Crippen LogP contribution < -0.4 is 0 Å². The fourth-order valence-electron chi connectivity index (χ4n) is 2.46. The number of nitrogens with one attached hydrogen (secondary N) is 1. The number of aromatic amines is 1. The van der Waals surface area contributed by atoms with Crippen LogP contribution in [-0.2, 0) is 17.8 Å². The molecule has 5 nitrogen and oxygen atoms in total. The first-order valence-corrected chi connectivity index (χ1v) is 7.40. The Balaban J connectivity index is 2.01. The summed E-state index contributed by atoms with van der Waals surface area (Å²) in [5.41, 5.74) is 2.17. The van der Waals surface area contributed by atoms with Crippen LogP contribution in [-0.4, -0.2) is 25.6 Å². The van der Waals surface area contributed by atoms with E-state index in [1.54, 1.807) is 12.4 Å². The number of nitrogens with zero attached hydrogens (tertiary/aromatic N) is 2. The zero-order chi connectivity index (χ0) is 14.8. The summed E-state index contributed by atoms with van der Waals surface area (Å²) in [5, 5.41) is 9.99. The number of imidazole rings is 1. The quantitative estimate of drug-likeness (QED) is 0.744. The number of aliphatic carboxylic acids is 1. The van der Waals surface area contributed by atoms with Crippen molar-refractivity contribution in [3.63, 3.8) is 0 Å². The number of hydrogen-bond acceptors (Lipinski definition) is 2. The molecule has 21 heavy (non-hydrogen) atoms. The number of benzene rings is 1. The molecule has 0 saturated heterocycles. The number of aryl methyl sites for hydroxylation is 1. The third-order valence-corrected chi connectivity index (χ3v) is 3.90. The third kappa shape index (κ3) is 3.00. The molecule has 0 unspecified atom stereocenters. The molecule has 3 aromatic rings. The molecule has 2 heterocycles. The van der Waals surface area contributed by atoms with Gasteiger partial charge in [-0.1, -0.05) is 15.9 Å². The Morgan fingerprint density at radius 1 is 1.43 bits per heavy atom. The SMILES string of the molecule is O=C(O)CCn1cc(Cc2ncc[nH]2)c2cc(Br)ccc21. The molecule has 0 fully saturated rings. The number of rotatable bonds is 5. The highest BCUT2D eigenvalue weighted by molar-refractivity contribution is 9.10. The second-order valence-electron chi connectivity index (χ2n) is 4.87. The van der Waals surface area contributed by atoms with Crippen LogP contribution in [0.5, 0.6) is 0 Å². The third-order valence-electron chi connectivity index (χ3n) is 3.40. The standard InChI is InChI=1S/C15H14BrN3O2/c16-11-1-2-13-12(8-11)10(7-14-17-4-5-18-14)9-19(13)6-3-15(20)21/h1-2,4-5,8-9H,3,6-7H2,(H,17,18)(H,20,21). The van der Waals surface area contributed by atoms with Crippen LogP contribution in [0.15, 0.2) is 41.3 Å². The first kappa shape index (κ1) is 13.9. The van der Waals surface area contributed by atoms with Gasteiger partial charge in [-0.3, -0.25) is 4.79 Å². The highest BCUT2D eigenvalue weighted by atomic mass is 79.9. The van der Waals surface area contributed by atoms with Gasteiger partial charge in [0.25, 0.3) is 0 Å². The van der Waals surface area contributed by atoms with Gasteiger partial charge in [0.05, 0.1) is 6.42 Å². The van der Waals surface area contributed by atoms with Crippen molar-refractivity contribution < 1.29 is 9.90 Å². The summed E-state index contributed by atoms with van der Waals surface area (Å²) in [6.45, 7) is 0.464. The minimum atomic E-state index is -0.790. The van der Waals surface area contributed by atoms with Gasteiger partial charge < -0.3 is 14.7 Å². The lowest BCUT2D eigenvalue weighted by Gasteiger charge is -2.02. The van der Waals surface area contributed by atoms with Gasteiger partial charge in [0.1, 0.15) is 5.82 Å². The first-order valence-electron chi connectivity index (χ1n) is 6.61. The Morgan fingerprint density at radius 2 is 2.29 bits per heavy atom. The van der Waals surface area contributed by atoms with Crippen molar-refractivity contribution in [1.29, 1.82) is 0 Å². The minimum absolute atomic E-state index is 0.111. The topological polar surface area (TPSA) is 70.9 Å². The van der Waals surface area contributed by atoms with Crippen LogP contribution in [0.2, 0.25) is 0 Å². The van der Waals surface area contributed by atoms with E-state index < -0.39 is 5.97 Å². The van der Waals surface area contributed by atoms with Crippen molar-refractivity contribution in [2.45, 2.75) is 19.4 Å². The van der Waals surface area contributed by atoms with E-state index >= 15 is 0 Å². The maximum atomic E-state index is 10.8. The Labute approximate surface area is 129 Å². The second-order valence-corrected chi connectivity index (χ2v) is 5.78. The van der Waals surface area contributed by atoms with Crippen molar-refractivity contribution in [3.05, 3.63) is 52.7 Å². The summed E-state index contributed by atoms with van der Waals surface area (Å²) in [6, 6.07) is 6.04. The van der Waals surface area contributed by atoms with E-state index in [0.717, 1.165) is 26.8 Å². The van der Waals surface area contributed by atoms with Crippen molar-refractivity contribution in [2.75, 3.05) is 0 Å². The predicted molar refractivity (Wildman–Crippen MR) is 83.3 cm³/mol. The molecule has 0 spiro atoms. The maximum absolute atomic E-state index is 10.8. The monoisotopic (exact) mass is 347 g/mol. The molecule has 0 radical (unpaired) electrons. The number of fused-ring (bicyclic) bond motifs is 1. The average Bonchev–Trinajstić information content (AvgIpc) is 3.05. The molecule has 0 bridgehead atoms. The van der Waals surface area contributed by atoms with Crippen LogP contribution in [0.1, 0.15) is 17.8 Å². The van der Waals surface area contributed by atoms with E-state index in [1.807, 2.05) is 22.9 Å². The van der Waals surface area contributed by atoms with Gasteiger partial charge in [0.2, 0.25) is 0 Å². The number of carbonyl (C=O) groups is 1. The molecule has 0 saturated carbocycles. The van der Waals surface area contributed by atoms with Gasteiger partial charge in [-0.2, -0.15) is 0 Å². The molecule has 0 amide bonds. The molecule has 0 aliphatic carbocycles. The molecule has 3 rings (SSSR count). The largest absolute Gasteiger partial charge is 0.481 e. The number of aromatic nitrogens is 3. The summed E-state index contributed by atoms with van der Waals surface area (Å²) in [7, 11) is 0. The van der Waals surface area contributed by atoms with Crippen LogP contribution >= 0.6 is 15.9 Å². The highest BCUT2D eigenvalue weighted by Gasteiger charge is 2.11. The number of halogens is 1. The van der Waals surface area contributed by atoms with Crippen LogP contribution in [0.25, 0.3) is 10.9 Å². The Kier molecular flexibility index (Phi) is 3.79. The Morgan fingerprint density at radius 3 is 3.00 bits per heavy atom. The minimum Gasteiger partial charge on any atom is -0.481 e. The molecule has 2 N–H and O–H groups in total. The van der Waals surface area contributed by atoms with Gasteiger partial charge in [0.15, 0.2) is 0 Å². The van der Waals surface area contributed by atoms with Crippen molar-refractivity contribution in [1.82, 2.24) is 14.5 Å². The zero-order valence-corrected chi connectivity index (χ0v) is 12.8. The van der Waals surface area contributed by atoms with Crippen molar-refractivity contribution in [3.8, 4) is 0 Å². The smallest absolute Gasteiger partial charge is 0.305 e. The van der Waals surface area contributed by atoms with Gasteiger partial charge in [0, 0.05) is 46.9 Å². The van der Waals surface area contributed by atoms with E-state index in [9.17, 15) is 4.79 Å². The predicted octanol–water partition coefficient (Wildman–Crippen LogP) is 3.19. The van der Waals surface area contributed by atoms with Crippen LogP contribution in [0.4, 0.5) is 0 Å². The summed E-state index contributed by atoms with van der Waals surface area (Å²) in [6.07, 6.45) is 6.35. The number of carboxylic acid groups (broad SMARTS) is 1. The molecule has 2 aromatic heterocycles. The number of hydrogen-bond donors (Lipinski definition) is 2. The van der Waals surface area contributed by atoms with Crippen LogP contribution in [0.3, 0.4) is 0 Å². The number of carboxylic acids is 1. The fraction of sp³-hybridized carbons (Fsp3) is 0.200. The zero-order valence-electron chi connectivity index (χ0n) is 11.2. The lowest BCUT2D eigenvalue weighted by molar-refractivity contribution is -0.137. The fourth-order valence-corrected chi connectivity index (χ4v) is 2.82. The molecule has 108 valence electrons. The van der Waals surface area contributed by atoms with E-state index in [1.165, 1.54) is 0 Å². The summed E-state index contributed by atoms with van der Waals surface area (Å²) >= 11 is 3.49. The second kappa shape index (κ2) is 5.73. The lowest BCUT2D eigenvalue weighted by atomic mass is 10.1. The highest BCUT2D eigenvalue weighted by Crippen LogP contribution is 2.26. The maximum Gasteiger partial charge on any atom is 0.305 e. The Bertz CT molecular complexity index is 778. The Hall–Kier alpha value is -2.08. The van der Waals surface area contributed by atoms with E-state index in [0.29, 0.717) is 13.0 Å².